The predicted molar refractivity (Wildman–Crippen MR) is 169 cm³/mol. The fourth-order valence-electron chi connectivity index (χ4n) is 7.03. The standard InChI is InChI=1S/C31H33ClN8O3S/c32-26-19(36-28(42)25-20(18-41)39-13-2-1-8-24(39)37-29(25)43)5-3-6-21(26)44-22-17-35-30(40-16-12-34-27(22)40)38-14-10-31(11-15-38)9-4-7-23(31)33/h3,5-6,12,16-17,23,36,42H,1-2,4,7-11,13-15,33H2. The summed E-state index contributed by atoms with van der Waals surface area (Å²) >= 11 is 8.22. The van der Waals surface area contributed by atoms with Crippen LogP contribution in [0.15, 0.2) is 51.4 Å². The number of imidazole rings is 1. The van der Waals surface area contributed by atoms with E-state index in [1.165, 1.54) is 24.6 Å². The van der Waals surface area contributed by atoms with Crippen molar-refractivity contribution in [1.82, 2.24) is 23.9 Å². The first-order valence-electron chi connectivity index (χ1n) is 15.0. The van der Waals surface area contributed by atoms with Crippen LogP contribution in [-0.4, -0.2) is 54.1 Å². The van der Waals surface area contributed by atoms with Crippen LogP contribution in [0, 0.1) is 5.41 Å². The average molecular weight is 633 g/mol. The second-order valence-electron chi connectivity index (χ2n) is 11.9. The number of benzene rings is 1. The van der Waals surface area contributed by atoms with Crippen molar-refractivity contribution in [3.63, 3.8) is 0 Å². The molecule has 1 unspecified atom stereocenters. The molecular formula is C31H33ClN8O3S. The highest BCUT2D eigenvalue weighted by Crippen LogP contribution is 2.46. The Labute approximate surface area is 262 Å². The third-order valence-electron chi connectivity index (χ3n) is 9.46. The van der Waals surface area contributed by atoms with Gasteiger partial charge in [-0.05, 0) is 56.1 Å². The lowest BCUT2D eigenvalue weighted by Crippen LogP contribution is -2.52. The van der Waals surface area contributed by atoms with Gasteiger partial charge in [-0.1, -0.05) is 35.9 Å². The Kier molecular flexibility index (Phi) is 7.62. The van der Waals surface area contributed by atoms with Crippen LogP contribution in [-0.2, 0) is 17.8 Å². The van der Waals surface area contributed by atoms with Crippen LogP contribution in [0.1, 0.15) is 50.8 Å². The largest absolute Gasteiger partial charge is 0.494 e. The van der Waals surface area contributed by atoms with Gasteiger partial charge in [0.2, 0.25) is 11.8 Å². The number of aromatic nitrogens is 5. The third kappa shape index (κ3) is 4.95. The minimum Gasteiger partial charge on any atom is -0.494 e. The molecule has 7 rings (SSSR count). The van der Waals surface area contributed by atoms with Gasteiger partial charge in [0.15, 0.2) is 11.6 Å². The zero-order valence-corrected chi connectivity index (χ0v) is 25.7. The minimum atomic E-state index is -0.689. The Bertz CT molecular complexity index is 1960. The SMILES string of the molecule is NC1CCCC12CCN(c1ncc(Sc3cccc(NC(O)=c4c(=O)nc5n(c4=C=O)CCCC5)c3Cl)c3nccn13)CC2. The van der Waals surface area contributed by atoms with E-state index in [-0.39, 0.29) is 16.0 Å². The number of nitrogens with zero attached hydrogens (tertiary/aromatic N) is 6. The molecular weight excluding hydrogens is 600 g/mol. The van der Waals surface area contributed by atoms with Crippen molar-refractivity contribution in [2.45, 2.75) is 73.7 Å². The van der Waals surface area contributed by atoms with E-state index in [2.05, 4.69) is 20.2 Å². The van der Waals surface area contributed by atoms with Gasteiger partial charge in [0.05, 0.1) is 15.6 Å². The molecule has 1 aromatic carbocycles. The molecule has 2 aliphatic heterocycles. The predicted octanol–water partition coefficient (Wildman–Crippen LogP) is 2.76. The number of hydrogen-bond acceptors (Lipinski definition) is 10. The smallest absolute Gasteiger partial charge is 0.287 e. The quantitative estimate of drug-likeness (QED) is 0.300. The Hall–Kier alpha value is -3.83. The molecule has 228 valence electrons. The number of anilines is 2. The number of aliphatic hydroxyl groups excluding tert-OH is 1. The van der Waals surface area contributed by atoms with Gasteiger partial charge >= 0.3 is 0 Å². The molecule has 0 radical (unpaired) electrons. The fraction of sp³-hybridized carbons (Fsp3) is 0.419. The third-order valence-corrected chi connectivity index (χ3v) is 11.0. The maximum absolute atomic E-state index is 12.8. The number of aryl methyl sites for hydroxylation is 1. The van der Waals surface area contributed by atoms with Gasteiger partial charge in [-0.3, -0.25) is 9.20 Å². The minimum absolute atomic E-state index is 0.0193. The van der Waals surface area contributed by atoms with Crippen LogP contribution in [0.3, 0.4) is 0 Å². The van der Waals surface area contributed by atoms with Crippen LogP contribution in [0.5, 0.6) is 0 Å². The maximum atomic E-state index is 12.8. The molecule has 11 nitrogen and oxygen atoms in total. The topological polar surface area (TPSA) is 144 Å². The summed E-state index contributed by atoms with van der Waals surface area (Å²) in [5.74, 6) is 2.72. The second-order valence-corrected chi connectivity index (χ2v) is 13.3. The molecule has 1 aliphatic carbocycles. The van der Waals surface area contributed by atoms with Crippen molar-refractivity contribution in [1.29, 1.82) is 0 Å². The maximum Gasteiger partial charge on any atom is 0.287 e. The Morgan fingerprint density at radius 1 is 1.14 bits per heavy atom. The van der Waals surface area contributed by atoms with Gasteiger partial charge in [-0.25, -0.2) is 14.8 Å². The van der Waals surface area contributed by atoms with Gasteiger partial charge in [0.1, 0.15) is 16.4 Å². The number of piperidine rings is 1. The molecule has 4 N–H and O–H groups in total. The Balaban J connectivity index is 1.16. The number of carbonyl (C=O) groups excluding carboxylic acids is 1. The number of aliphatic hydroxyl groups is 1. The second kappa shape index (κ2) is 11.6. The molecule has 1 saturated heterocycles. The van der Waals surface area contributed by atoms with Gasteiger partial charge in [0.25, 0.3) is 5.56 Å². The summed E-state index contributed by atoms with van der Waals surface area (Å²) in [5, 5.41) is 13.9. The van der Waals surface area contributed by atoms with Crippen molar-refractivity contribution in [2.24, 2.45) is 11.1 Å². The molecule has 1 atom stereocenters. The number of nitrogens with two attached hydrogens (primary N) is 1. The number of hydrogen-bond donors (Lipinski definition) is 3. The lowest BCUT2D eigenvalue weighted by Gasteiger charge is -2.42. The van der Waals surface area contributed by atoms with Crippen LogP contribution in [0.25, 0.3) is 11.5 Å². The van der Waals surface area contributed by atoms with Crippen molar-refractivity contribution in [2.75, 3.05) is 23.3 Å². The molecule has 44 heavy (non-hydrogen) atoms. The van der Waals surface area contributed by atoms with Crippen molar-refractivity contribution in [3.8, 4) is 0 Å². The van der Waals surface area contributed by atoms with E-state index in [4.69, 9.17) is 22.3 Å². The highest BCUT2D eigenvalue weighted by atomic mass is 35.5. The molecule has 3 aromatic heterocycles. The van der Waals surface area contributed by atoms with E-state index in [1.54, 1.807) is 22.9 Å². The Morgan fingerprint density at radius 3 is 2.75 bits per heavy atom. The molecule has 1 spiro atoms. The van der Waals surface area contributed by atoms with Gasteiger partial charge < -0.3 is 25.6 Å². The zero-order valence-electron chi connectivity index (χ0n) is 24.1. The first-order chi connectivity index (χ1) is 21.4. The van der Waals surface area contributed by atoms with E-state index < -0.39 is 11.4 Å². The highest BCUT2D eigenvalue weighted by Gasteiger charge is 2.43. The van der Waals surface area contributed by atoms with Gasteiger partial charge in [0, 0.05) is 55.6 Å². The molecule has 5 heterocycles. The highest BCUT2D eigenvalue weighted by molar-refractivity contribution is 7.99. The average Bonchev–Trinajstić information content (AvgIpc) is 3.66. The summed E-state index contributed by atoms with van der Waals surface area (Å²) in [6.45, 7) is 2.35. The zero-order chi connectivity index (χ0) is 30.4. The number of nitrogens with one attached hydrogen (secondary N) is 1. The first kappa shape index (κ1) is 28.9. The molecule has 0 bridgehead atoms. The van der Waals surface area contributed by atoms with E-state index >= 15 is 0 Å². The number of fused-ring (bicyclic) bond motifs is 2. The summed E-state index contributed by atoms with van der Waals surface area (Å²) in [6.07, 6.45) is 13.5. The van der Waals surface area contributed by atoms with Crippen LogP contribution in [0.2, 0.25) is 5.02 Å². The first-order valence-corrected chi connectivity index (χ1v) is 16.2. The number of halogens is 1. The molecule has 13 heteroatoms. The number of rotatable bonds is 5. The lowest BCUT2D eigenvalue weighted by atomic mass is 9.74. The normalized spacial score (nSPS) is 20.0. The van der Waals surface area contributed by atoms with Crippen LogP contribution >= 0.6 is 23.4 Å². The van der Waals surface area contributed by atoms with Crippen LogP contribution in [0.4, 0.5) is 11.6 Å². The molecule has 2 fully saturated rings. The Morgan fingerprint density at radius 2 is 1.98 bits per heavy atom. The van der Waals surface area contributed by atoms with Gasteiger partial charge in [-0.15, -0.1) is 0 Å². The summed E-state index contributed by atoms with van der Waals surface area (Å²) in [4.78, 5) is 42.1. The lowest BCUT2D eigenvalue weighted by molar-refractivity contribution is 0.197. The fourth-order valence-corrected chi connectivity index (χ4v) is 8.25. The molecule has 1 saturated carbocycles. The summed E-state index contributed by atoms with van der Waals surface area (Å²) < 4.78 is 3.66. The van der Waals surface area contributed by atoms with E-state index in [0.717, 1.165) is 61.7 Å². The summed E-state index contributed by atoms with van der Waals surface area (Å²) in [5.41, 5.74) is 7.21. The van der Waals surface area contributed by atoms with Crippen molar-refractivity contribution in [3.05, 3.63) is 68.6 Å². The molecule has 4 aromatic rings. The van der Waals surface area contributed by atoms with E-state index in [0.29, 0.717) is 40.4 Å². The van der Waals surface area contributed by atoms with E-state index in [1.807, 2.05) is 28.8 Å². The van der Waals surface area contributed by atoms with Crippen LogP contribution < -0.4 is 32.1 Å². The summed E-state index contributed by atoms with van der Waals surface area (Å²) in [7, 11) is 0. The van der Waals surface area contributed by atoms with Crippen molar-refractivity contribution >= 4 is 52.5 Å². The molecule has 3 aliphatic rings. The van der Waals surface area contributed by atoms with E-state index in [9.17, 15) is 14.7 Å². The van der Waals surface area contributed by atoms with Gasteiger partial charge in [-0.2, -0.15) is 4.98 Å². The molecule has 0 amide bonds. The summed E-state index contributed by atoms with van der Waals surface area (Å²) in [6, 6.07) is 5.62. The monoisotopic (exact) mass is 632 g/mol. The van der Waals surface area contributed by atoms with Crippen molar-refractivity contribution < 1.29 is 9.90 Å².